The zero-order chi connectivity index (χ0) is 19.6. The number of fused-ring (bicyclic) bond motifs is 1. The molecule has 0 saturated heterocycles. The second kappa shape index (κ2) is 7.48. The lowest BCUT2D eigenvalue weighted by Crippen LogP contribution is -2.21. The van der Waals surface area contributed by atoms with E-state index in [1.807, 2.05) is 0 Å². The van der Waals surface area contributed by atoms with Crippen molar-refractivity contribution in [1.29, 1.82) is 0 Å². The number of benzene rings is 2. The Balaban J connectivity index is 1.61. The maximum absolute atomic E-state index is 12.8. The second-order valence-corrected chi connectivity index (χ2v) is 6.30. The lowest BCUT2D eigenvalue weighted by Gasteiger charge is -2.17. The molecule has 142 valence electrons. The van der Waals surface area contributed by atoms with Crippen LogP contribution >= 0.6 is 11.6 Å². The Kier molecular flexibility index (Phi) is 5.27. The third-order valence-electron chi connectivity index (χ3n) is 3.90. The van der Waals surface area contributed by atoms with E-state index in [4.69, 9.17) is 16.3 Å². The molecule has 2 N–H and O–H groups in total. The van der Waals surface area contributed by atoms with Crippen LogP contribution in [0, 0.1) is 0 Å². The number of ether oxygens (including phenoxy) is 1. The number of hydrogen-bond donors (Lipinski definition) is 2. The van der Waals surface area contributed by atoms with Crippen molar-refractivity contribution in [3.8, 4) is 5.75 Å². The van der Waals surface area contributed by atoms with Crippen LogP contribution in [0.1, 0.15) is 17.5 Å². The molecular weight excluding hydrogens is 385 g/mol. The number of aryl methyl sites for hydroxylation is 1. The fourth-order valence-corrected chi connectivity index (χ4v) is 2.84. The van der Waals surface area contributed by atoms with E-state index >= 15 is 0 Å². The van der Waals surface area contributed by atoms with Crippen LogP contribution in [-0.2, 0) is 22.2 Å². The Labute approximate surface area is 157 Å². The van der Waals surface area contributed by atoms with Gasteiger partial charge in [0, 0.05) is 17.8 Å². The first-order valence-electron chi connectivity index (χ1n) is 7.94. The minimum atomic E-state index is -4.62. The molecular formula is C18H14ClF3N2O3. The van der Waals surface area contributed by atoms with Crippen LogP contribution in [0.3, 0.4) is 0 Å². The van der Waals surface area contributed by atoms with E-state index in [2.05, 4.69) is 10.6 Å². The SMILES string of the molecule is O=C(COc1ccc2c(c1)CCC(=O)N2)Nc1ccc(Cl)c(C(F)(F)F)c1. The highest BCUT2D eigenvalue weighted by molar-refractivity contribution is 6.31. The molecule has 0 spiro atoms. The fraction of sp³-hybridized carbons (Fsp3) is 0.222. The summed E-state index contributed by atoms with van der Waals surface area (Å²) in [4.78, 5) is 23.3. The highest BCUT2D eigenvalue weighted by atomic mass is 35.5. The molecule has 0 unspecified atom stereocenters. The molecule has 27 heavy (non-hydrogen) atoms. The quantitative estimate of drug-likeness (QED) is 0.808. The van der Waals surface area contributed by atoms with Crippen LogP contribution in [0.2, 0.25) is 5.02 Å². The highest BCUT2D eigenvalue weighted by Gasteiger charge is 2.33. The van der Waals surface area contributed by atoms with E-state index in [1.165, 1.54) is 6.07 Å². The maximum Gasteiger partial charge on any atom is 0.417 e. The molecule has 0 aliphatic carbocycles. The van der Waals surface area contributed by atoms with Crippen molar-refractivity contribution in [3.05, 3.63) is 52.5 Å². The predicted octanol–water partition coefficient (Wildman–Crippen LogP) is 4.26. The van der Waals surface area contributed by atoms with Gasteiger partial charge in [-0.25, -0.2) is 0 Å². The van der Waals surface area contributed by atoms with Crippen LogP contribution in [0.15, 0.2) is 36.4 Å². The summed E-state index contributed by atoms with van der Waals surface area (Å²) in [7, 11) is 0. The first kappa shape index (κ1) is 19.0. The van der Waals surface area contributed by atoms with E-state index in [0.717, 1.165) is 17.7 Å². The first-order chi connectivity index (χ1) is 12.7. The van der Waals surface area contributed by atoms with Crippen LogP contribution in [0.4, 0.5) is 24.5 Å². The van der Waals surface area contributed by atoms with Crippen molar-refractivity contribution in [2.24, 2.45) is 0 Å². The largest absolute Gasteiger partial charge is 0.484 e. The lowest BCUT2D eigenvalue weighted by molar-refractivity contribution is -0.137. The Bertz CT molecular complexity index is 900. The van der Waals surface area contributed by atoms with Crippen molar-refractivity contribution in [3.63, 3.8) is 0 Å². The summed E-state index contributed by atoms with van der Waals surface area (Å²) in [6, 6.07) is 8.10. The van der Waals surface area contributed by atoms with Gasteiger partial charge < -0.3 is 15.4 Å². The summed E-state index contributed by atoms with van der Waals surface area (Å²) in [6.07, 6.45) is -3.68. The number of alkyl halides is 3. The zero-order valence-corrected chi connectivity index (χ0v) is 14.6. The van der Waals surface area contributed by atoms with Gasteiger partial charge in [-0.15, -0.1) is 0 Å². The third-order valence-corrected chi connectivity index (χ3v) is 4.23. The number of carbonyl (C=O) groups is 2. The summed E-state index contributed by atoms with van der Waals surface area (Å²) in [5.41, 5.74) is 0.525. The molecule has 0 radical (unpaired) electrons. The van der Waals surface area contributed by atoms with Gasteiger partial charge in [0.2, 0.25) is 5.91 Å². The van der Waals surface area contributed by atoms with Crippen molar-refractivity contribution in [2.45, 2.75) is 19.0 Å². The van der Waals surface area contributed by atoms with Gasteiger partial charge in [0.1, 0.15) is 5.75 Å². The Hall–Kier alpha value is -2.74. The van der Waals surface area contributed by atoms with Gasteiger partial charge in [0.25, 0.3) is 5.91 Å². The van der Waals surface area contributed by atoms with Crippen molar-refractivity contribution in [1.82, 2.24) is 0 Å². The van der Waals surface area contributed by atoms with Crippen molar-refractivity contribution < 1.29 is 27.5 Å². The monoisotopic (exact) mass is 398 g/mol. The van der Waals surface area contributed by atoms with E-state index in [9.17, 15) is 22.8 Å². The summed E-state index contributed by atoms with van der Waals surface area (Å²) in [6.45, 7) is -0.380. The molecule has 3 rings (SSSR count). The number of anilines is 2. The van der Waals surface area contributed by atoms with Crippen molar-refractivity contribution >= 4 is 34.8 Å². The smallest absolute Gasteiger partial charge is 0.417 e. The van der Waals surface area contributed by atoms with Crippen molar-refractivity contribution in [2.75, 3.05) is 17.2 Å². The molecule has 0 bridgehead atoms. The summed E-state index contributed by atoms with van der Waals surface area (Å²) < 4.78 is 43.9. The topological polar surface area (TPSA) is 67.4 Å². The third kappa shape index (κ3) is 4.71. The number of carbonyl (C=O) groups excluding carboxylic acids is 2. The average Bonchev–Trinajstić information content (AvgIpc) is 2.60. The van der Waals surface area contributed by atoms with Gasteiger partial charge >= 0.3 is 6.18 Å². The molecule has 1 aliphatic rings. The van der Waals surface area contributed by atoms with Gasteiger partial charge in [-0.05, 0) is 48.4 Å². The Morgan fingerprint density at radius 2 is 1.96 bits per heavy atom. The molecule has 1 aliphatic heterocycles. The number of nitrogens with one attached hydrogen (secondary N) is 2. The fourth-order valence-electron chi connectivity index (χ4n) is 2.62. The van der Waals surface area contributed by atoms with E-state index < -0.39 is 22.7 Å². The number of amides is 2. The van der Waals surface area contributed by atoms with Crippen LogP contribution in [-0.4, -0.2) is 18.4 Å². The van der Waals surface area contributed by atoms with Gasteiger partial charge in [-0.3, -0.25) is 9.59 Å². The molecule has 0 saturated carbocycles. The summed E-state index contributed by atoms with van der Waals surface area (Å²) in [5.74, 6) is -0.250. The first-order valence-corrected chi connectivity index (χ1v) is 8.32. The van der Waals surface area contributed by atoms with E-state index in [0.29, 0.717) is 24.3 Å². The maximum atomic E-state index is 12.8. The lowest BCUT2D eigenvalue weighted by atomic mass is 10.0. The summed E-state index contributed by atoms with van der Waals surface area (Å²) >= 11 is 5.54. The standard InChI is InChI=1S/C18H14ClF3N2O3/c19-14-4-2-11(8-13(14)18(20,21)22)23-17(26)9-27-12-3-5-15-10(7-12)1-6-16(25)24-15/h2-5,7-8H,1,6,9H2,(H,23,26)(H,24,25). The highest BCUT2D eigenvalue weighted by Crippen LogP contribution is 2.36. The molecule has 0 fully saturated rings. The molecule has 2 aromatic carbocycles. The van der Waals surface area contributed by atoms with E-state index in [1.54, 1.807) is 18.2 Å². The zero-order valence-electron chi connectivity index (χ0n) is 13.8. The molecule has 2 amide bonds. The minimum Gasteiger partial charge on any atom is -0.484 e. The number of halogens is 4. The molecule has 0 aromatic heterocycles. The number of rotatable bonds is 4. The minimum absolute atomic E-state index is 0.0338. The van der Waals surface area contributed by atoms with Crippen LogP contribution in [0.25, 0.3) is 0 Å². The van der Waals surface area contributed by atoms with Gasteiger partial charge in [-0.1, -0.05) is 11.6 Å². The molecule has 5 nitrogen and oxygen atoms in total. The van der Waals surface area contributed by atoms with Gasteiger partial charge in [-0.2, -0.15) is 13.2 Å². The average molecular weight is 399 g/mol. The van der Waals surface area contributed by atoms with Gasteiger partial charge in [0.15, 0.2) is 6.61 Å². The Morgan fingerprint density at radius 1 is 1.19 bits per heavy atom. The number of hydrogen-bond acceptors (Lipinski definition) is 3. The molecule has 1 heterocycles. The Morgan fingerprint density at radius 3 is 2.70 bits per heavy atom. The molecule has 2 aromatic rings. The molecule has 9 heteroatoms. The molecule has 0 atom stereocenters. The van der Waals surface area contributed by atoms with Crippen LogP contribution < -0.4 is 15.4 Å². The second-order valence-electron chi connectivity index (χ2n) is 5.90. The predicted molar refractivity (Wildman–Crippen MR) is 94.0 cm³/mol. The van der Waals surface area contributed by atoms with Gasteiger partial charge in [0.05, 0.1) is 10.6 Å². The normalized spacial score (nSPS) is 13.6. The van der Waals surface area contributed by atoms with Crippen LogP contribution in [0.5, 0.6) is 5.75 Å². The van der Waals surface area contributed by atoms with E-state index in [-0.39, 0.29) is 18.2 Å². The summed E-state index contributed by atoms with van der Waals surface area (Å²) in [5, 5.41) is 4.62.